The molecule has 0 aliphatic carbocycles. The number of benzene rings is 2. The lowest BCUT2D eigenvalue weighted by Gasteiger charge is -1.97. The fourth-order valence-electron chi connectivity index (χ4n) is 2.16. The quantitative estimate of drug-likeness (QED) is 0.642. The summed E-state index contributed by atoms with van der Waals surface area (Å²) in [4.78, 5) is 14.1. The molecule has 1 N–H and O–H groups in total. The van der Waals surface area contributed by atoms with Gasteiger partial charge in [-0.15, -0.1) is 0 Å². The van der Waals surface area contributed by atoms with Gasteiger partial charge in [0.05, 0.1) is 10.5 Å². The molecular weight excluding hydrogens is 234 g/mol. The molecule has 3 heteroatoms. The zero-order chi connectivity index (χ0) is 12.0. The van der Waals surface area contributed by atoms with Crippen molar-refractivity contribution >= 4 is 39.7 Å². The van der Waals surface area contributed by atoms with Crippen LogP contribution in [0.15, 0.2) is 30.3 Å². The third-order valence-electron chi connectivity index (χ3n) is 3.02. The molecule has 17 heavy (non-hydrogen) atoms. The van der Waals surface area contributed by atoms with E-state index in [4.69, 9.17) is 11.6 Å². The number of nitrogens with one attached hydrogen (secondary N) is 1. The fraction of sp³-hybridized carbons (Fsp3) is 0.0714. The maximum absolute atomic E-state index is 10.8. The van der Waals surface area contributed by atoms with Crippen LogP contribution in [-0.2, 0) is 0 Å². The number of halogens is 1. The van der Waals surface area contributed by atoms with Gasteiger partial charge in [0.2, 0.25) is 0 Å². The van der Waals surface area contributed by atoms with Crippen LogP contribution in [0.4, 0.5) is 0 Å². The van der Waals surface area contributed by atoms with Crippen LogP contribution in [0.5, 0.6) is 0 Å². The van der Waals surface area contributed by atoms with Gasteiger partial charge in [-0.05, 0) is 24.6 Å². The van der Waals surface area contributed by atoms with Gasteiger partial charge in [0.15, 0.2) is 6.29 Å². The molecule has 0 unspecified atom stereocenters. The number of rotatable bonds is 1. The van der Waals surface area contributed by atoms with Crippen molar-refractivity contribution in [2.45, 2.75) is 6.92 Å². The summed E-state index contributed by atoms with van der Waals surface area (Å²) in [6.07, 6.45) is 0.776. The highest BCUT2D eigenvalue weighted by Crippen LogP contribution is 2.32. The summed E-state index contributed by atoms with van der Waals surface area (Å²) in [6.45, 7) is 2.05. The second-order valence-corrected chi connectivity index (χ2v) is 4.56. The van der Waals surface area contributed by atoms with Gasteiger partial charge in [0.1, 0.15) is 0 Å². The zero-order valence-electron chi connectivity index (χ0n) is 9.25. The van der Waals surface area contributed by atoms with Crippen molar-refractivity contribution in [3.63, 3.8) is 0 Å². The summed E-state index contributed by atoms with van der Waals surface area (Å²) in [5.74, 6) is 0. The Balaban J connectivity index is 2.50. The average Bonchev–Trinajstić information content (AvgIpc) is 2.68. The second kappa shape index (κ2) is 3.60. The molecule has 3 aromatic rings. The smallest absolute Gasteiger partial charge is 0.151 e. The van der Waals surface area contributed by atoms with Gasteiger partial charge in [-0.1, -0.05) is 29.8 Å². The molecule has 0 radical (unpaired) electrons. The monoisotopic (exact) mass is 243 g/mol. The van der Waals surface area contributed by atoms with Crippen molar-refractivity contribution < 1.29 is 4.79 Å². The zero-order valence-corrected chi connectivity index (χ0v) is 10.0. The number of aryl methyl sites for hydroxylation is 1. The van der Waals surface area contributed by atoms with E-state index in [0.29, 0.717) is 10.6 Å². The van der Waals surface area contributed by atoms with Gasteiger partial charge in [0.25, 0.3) is 0 Å². The summed E-state index contributed by atoms with van der Waals surface area (Å²) in [5, 5.41) is 2.67. The van der Waals surface area contributed by atoms with Crippen LogP contribution in [0.2, 0.25) is 5.02 Å². The minimum Gasteiger partial charge on any atom is -0.353 e. The number of fused-ring (bicyclic) bond motifs is 3. The average molecular weight is 244 g/mol. The molecule has 3 rings (SSSR count). The molecule has 1 heterocycles. The third kappa shape index (κ3) is 1.45. The predicted octanol–water partition coefficient (Wildman–Crippen LogP) is 4.10. The first-order valence-electron chi connectivity index (χ1n) is 5.36. The Morgan fingerprint density at radius 3 is 2.71 bits per heavy atom. The molecule has 84 valence electrons. The molecule has 0 amide bonds. The van der Waals surface area contributed by atoms with Gasteiger partial charge >= 0.3 is 0 Å². The van der Waals surface area contributed by atoms with Crippen molar-refractivity contribution in [3.05, 3.63) is 46.5 Å². The summed E-state index contributed by atoms with van der Waals surface area (Å²) in [7, 11) is 0. The van der Waals surface area contributed by atoms with Crippen LogP contribution in [-0.4, -0.2) is 11.3 Å². The van der Waals surface area contributed by atoms with Crippen LogP contribution in [0.3, 0.4) is 0 Å². The van der Waals surface area contributed by atoms with E-state index in [2.05, 4.69) is 23.2 Å². The molecule has 2 aromatic carbocycles. The first kappa shape index (κ1) is 10.4. The molecule has 0 bridgehead atoms. The van der Waals surface area contributed by atoms with Gasteiger partial charge in [-0.25, -0.2) is 0 Å². The molecule has 1 aromatic heterocycles. The number of H-pyrrole nitrogens is 1. The lowest BCUT2D eigenvalue weighted by atomic mass is 10.1. The van der Waals surface area contributed by atoms with E-state index in [1.807, 2.05) is 13.0 Å². The normalized spacial score (nSPS) is 11.2. The molecule has 0 spiro atoms. The van der Waals surface area contributed by atoms with E-state index < -0.39 is 0 Å². The maximum atomic E-state index is 10.8. The lowest BCUT2D eigenvalue weighted by molar-refractivity contribution is 0.112. The fourth-order valence-corrected chi connectivity index (χ4v) is 2.42. The molecule has 2 nitrogen and oxygen atoms in total. The van der Waals surface area contributed by atoms with Gasteiger partial charge in [0, 0.05) is 21.9 Å². The van der Waals surface area contributed by atoms with E-state index in [0.717, 1.165) is 28.1 Å². The van der Waals surface area contributed by atoms with Gasteiger partial charge in [-0.2, -0.15) is 0 Å². The van der Waals surface area contributed by atoms with Gasteiger partial charge < -0.3 is 4.98 Å². The van der Waals surface area contributed by atoms with Crippen LogP contribution in [0.25, 0.3) is 21.8 Å². The molecule has 0 aliphatic rings. The maximum Gasteiger partial charge on any atom is 0.151 e. The van der Waals surface area contributed by atoms with E-state index >= 15 is 0 Å². The van der Waals surface area contributed by atoms with E-state index in [-0.39, 0.29) is 0 Å². The number of aromatic nitrogens is 1. The number of aromatic amines is 1. The molecule has 0 aliphatic heterocycles. The lowest BCUT2D eigenvalue weighted by Crippen LogP contribution is -1.82. The standard InChI is InChI=1S/C14H10ClNO/c1-8-2-4-10-11-5-3-9(7-17)13(15)14(11)16-12(10)6-8/h2-7,16H,1H3. The summed E-state index contributed by atoms with van der Waals surface area (Å²) in [6, 6.07) is 9.90. The number of carbonyl (C=O) groups is 1. The van der Waals surface area contributed by atoms with E-state index in [9.17, 15) is 4.79 Å². The minimum absolute atomic E-state index is 0.492. The summed E-state index contributed by atoms with van der Waals surface area (Å²) < 4.78 is 0. The van der Waals surface area contributed by atoms with Gasteiger partial charge in [-0.3, -0.25) is 4.79 Å². The van der Waals surface area contributed by atoms with E-state index in [1.54, 1.807) is 6.07 Å². The molecule has 0 fully saturated rings. The number of aldehydes is 1. The third-order valence-corrected chi connectivity index (χ3v) is 3.43. The predicted molar refractivity (Wildman–Crippen MR) is 70.9 cm³/mol. The Hall–Kier alpha value is -1.80. The highest BCUT2D eigenvalue weighted by molar-refractivity contribution is 6.38. The van der Waals surface area contributed by atoms with Crippen molar-refractivity contribution in [2.75, 3.05) is 0 Å². The Kier molecular flexibility index (Phi) is 2.20. The summed E-state index contributed by atoms with van der Waals surface area (Å²) in [5.41, 5.74) is 3.58. The second-order valence-electron chi connectivity index (χ2n) is 4.18. The Bertz CT molecular complexity index is 743. The van der Waals surface area contributed by atoms with E-state index in [1.165, 1.54) is 5.56 Å². The largest absolute Gasteiger partial charge is 0.353 e. The highest BCUT2D eigenvalue weighted by atomic mass is 35.5. The van der Waals surface area contributed by atoms with Crippen molar-refractivity contribution in [1.29, 1.82) is 0 Å². The first-order valence-corrected chi connectivity index (χ1v) is 5.74. The van der Waals surface area contributed by atoms with Crippen molar-refractivity contribution in [1.82, 2.24) is 4.98 Å². The SMILES string of the molecule is Cc1ccc2c(c1)[nH]c1c(Cl)c(C=O)ccc12. The van der Waals surface area contributed by atoms with Crippen LogP contribution in [0.1, 0.15) is 15.9 Å². The molecule has 0 atom stereocenters. The van der Waals surface area contributed by atoms with Crippen molar-refractivity contribution in [2.24, 2.45) is 0 Å². The summed E-state index contributed by atoms with van der Waals surface area (Å²) >= 11 is 6.19. The molecule has 0 saturated heterocycles. The van der Waals surface area contributed by atoms with Crippen LogP contribution < -0.4 is 0 Å². The number of hydrogen-bond donors (Lipinski definition) is 1. The highest BCUT2D eigenvalue weighted by Gasteiger charge is 2.10. The first-order chi connectivity index (χ1) is 8.20. The minimum atomic E-state index is 0.492. The molecular formula is C14H10ClNO. The van der Waals surface area contributed by atoms with Crippen LogP contribution >= 0.6 is 11.6 Å². The Morgan fingerprint density at radius 2 is 1.94 bits per heavy atom. The topological polar surface area (TPSA) is 32.9 Å². The molecule has 0 saturated carbocycles. The number of carbonyl (C=O) groups excluding carboxylic acids is 1. The number of hydrogen-bond acceptors (Lipinski definition) is 1. The Labute approximate surface area is 103 Å². The Morgan fingerprint density at radius 1 is 1.18 bits per heavy atom. The van der Waals surface area contributed by atoms with Crippen molar-refractivity contribution in [3.8, 4) is 0 Å². The van der Waals surface area contributed by atoms with Crippen LogP contribution in [0, 0.1) is 6.92 Å².